The van der Waals surface area contributed by atoms with Gasteiger partial charge in [-0.2, -0.15) is 0 Å². The number of benzene rings is 3. The second kappa shape index (κ2) is 7.41. The van der Waals surface area contributed by atoms with Gasteiger partial charge in [0.15, 0.2) is 0 Å². The minimum absolute atomic E-state index is 0.0356. The maximum atomic E-state index is 12.9. The van der Waals surface area contributed by atoms with Gasteiger partial charge in [-0.1, -0.05) is 35.4 Å². The minimum atomic E-state index is -4.20. The summed E-state index contributed by atoms with van der Waals surface area (Å²) < 4.78 is 51.4. The van der Waals surface area contributed by atoms with Crippen LogP contribution in [0.1, 0.15) is 11.1 Å². The van der Waals surface area contributed by atoms with Crippen LogP contribution in [-0.2, 0) is 19.7 Å². The third kappa shape index (κ3) is 3.92. The molecule has 9 heteroatoms. The molecule has 0 unspecified atom stereocenters. The highest BCUT2D eigenvalue weighted by Crippen LogP contribution is 2.33. The average Bonchev–Trinajstić information content (AvgIpc) is 2.68. The summed E-state index contributed by atoms with van der Waals surface area (Å²) >= 11 is 0. The minimum Gasteiger partial charge on any atom is -0.258 e. The van der Waals surface area contributed by atoms with Crippen LogP contribution in [-0.4, -0.2) is 21.8 Å². The van der Waals surface area contributed by atoms with Gasteiger partial charge in [0.05, 0.1) is 19.6 Å². The number of sulfone groups is 2. The first-order chi connectivity index (χ1) is 13.5. The lowest BCUT2D eigenvalue weighted by atomic mass is 10.2. The first kappa shape index (κ1) is 20.7. The van der Waals surface area contributed by atoms with E-state index in [1.807, 2.05) is 0 Å². The molecule has 0 aliphatic carbocycles. The molecule has 0 N–H and O–H groups in total. The molecule has 0 saturated carbocycles. The summed E-state index contributed by atoms with van der Waals surface area (Å²) in [6, 6.07) is 14.7. The highest BCUT2D eigenvalue weighted by atomic mass is 32.2. The third-order valence-corrected chi connectivity index (χ3v) is 7.97. The van der Waals surface area contributed by atoms with Gasteiger partial charge in [-0.15, -0.1) is 0 Å². The predicted octanol–water partition coefficient (Wildman–Crippen LogP) is 3.88. The van der Waals surface area contributed by atoms with Gasteiger partial charge >= 0.3 is 0 Å². The first-order valence-electron chi connectivity index (χ1n) is 8.45. The van der Waals surface area contributed by atoms with E-state index in [1.54, 1.807) is 38.1 Å². The van der Waals surface area contributed by atoms with E-state index in [1.165, 1.54) is 24.3 Å². The Morgan fingerprint density at radius 1 is 0.655 bits per heavy atom. The van der Waals surface area contributed by atoms with Crippen molar-refractivity contribution in [2.45, 2.75) is 33.4 Å². The Bertz CT molecular complexity index is 1290. The van der Waals surface area contributed by atoms with Crippen LogP contribution in [0, 0.1) is 24.0 Å². The summed E-state index contributed by atoms with van der Waals surface area (Å²) in [5.41, 5.74) is 0.895. The standard InChI is InChI=1S/C20H17NO6S2/c1-14-3-7-16(8-4-14)28(24,25)18-11-12-20(19(13-18)21(22)23)29(26,27)17-9-5-15(2)6-10-17/h3-13H,1-2H3. The molecule has 0 atom stereocenters. The maximum Gasteiger partial charge on any atom is 0.289 e. The maximum absolute atomic E-state index is 12.9. The van der Waals surface area contributed by atoms with Gasteiger partial charge in [0, 0.05) is 6.07 Å². The van der Waals surface area contributed by atoms with Crippen LogP contribution in [0.25, 0.3) is 0 Å². The van der Waals surface area contributed by atoms with Gasteiger partial charge < -0.3 is 0 Å². The van der Waals surface area contributed by atoms with Crippen LogP contribution in [0.15, 0.2) is 86.3 Å². The molecule has 0 saturated heterocycles. The highest BCUT2D eigenvalue weighted by molar-refractivity contribution is 7.92. The van der Waals surface area contributed by atoms with Crippen molar-refractivity contribution in [2.24, 2.45) is 0 Å². The molecule has 0 amide bonds. The van der Waals surface area contributed by atoms with Crippen molar-refractivity contribution < 1.29 is 21.8 Å². The number of aryl methyl sites for hydroxylation is 2. The summed E-state index contributed by atoms with van der Waals surface area (Å²) in [6.45, 7) is 3.58. The molecule has 7 nitrogen and oxygen atoms in total. The normalized spacial score (nSPS) is 11.9. The number of hydrogen-bond donors (Lipinski definition) is 0. The SMILES string of the molecule is Cc1ccc(S(=O)(=O)c2ccc(S(=O)(=O)c3ccc(C)cc3)c([N+](=O)[O-])c2)cc1. The molecule has 0 aliphatic rings. The van der Waals surface area contributed by atoms with Crippen molar-refractivity contribution in [1.82, 2.24) is 0 Å². The molecular formula is C20H17NO6S2. The Kier molecular flexibility index (Phi) is 5.29. The Morgan fingerprint density at radius 3 is 1.52 bits per heavy atom. The van der Waals surface area contributed by atoms with Gasteiger partial charge in [0.1, 0.15) is 4.90 Å². The van der Waals surface area contributed by atoms with Crippen LogP contribution in [0.4, 0.5) is 5.69 Å². The lowest BCUT2D eigenvalue weighted by Crippen LogP contribution is -2.08. The van der Waals surface area contributed by atoms with Crippen LogP contribution >= 0.6 is 0 Å². The molecule has 0 spiro atoms. The predicted molar refractivity (Wildman–Crippen MR) is 106 cm³/mol. The molecule has 3 rings (SSSR count). The number of hydrogen-bond acceptors (Lipinski definition) is 6. The van der Waals surface area contributed by atoms with Crippen molar-refractivity contribution in [1.29, 1.82) is 0 Å². The fourth-order valence-electron chi connectivity index (χ4n) is 2.73. The molecule has 150 valence electrons. The monoisotopic (exact) mass is 431 g/mol. The molecule has 0 radical (unpaired) electrons. The van der Waals surface area contributed by atoms with E-state index >= 15 is 0 Å². The molecule has 3 aromatic carbocycles. The quantitative estimate of drug-likeness (QED) is 0.448. The van der Waals surface area contributed by atoms with Crippen LogP contribution in [0.2, 0.25) is 0 Å². The zero-order valence-electron chi connectivity index (χ0n) is 15.6. The van der Waals surface area contributed by atoms with E-state index in [-0.39, 0.29) is 14.7 Å². The van der Waals surface area contributed by atoms with Crippen molar-refractivity contribution in [3.8, 4) is 0 Å². The van der Waals surface area contributed by atoms with E-state index in [4.69, 9.17) is 0 Å². The lowest BCUT2D eigenvalue weighted by Gasteiger charge is -2.09. The lowest BCUT2D eigenvalue weighted by molar-refractivity contribution is -0.388. The Balaban J connectivity index is 2.17. The molecule has 3 aromatic rings. The first-order valence-corrected chi connectivity index (χ1v) is 11.4. The molecule has 0 fully saturated rings. The Labute approximate surface area is 168 Å². The van der Waals surface area contributed by atoms with Crippen molar-refractivity contribution in [3.63, 3.8) is 0 Å². The third-order valence-electron chi connectivity index (χ3n) is 4.39. The highest BCUT2D eigenvalue weighted by Gasteiger charge is 2.30. The molecular weight excluding hydrogens is 414 g/mol. The second-order valence-electron chi connectivity index (χ2n) is 6.52. The summed E-state index contributed by atoms with van der Waals surface area (Å²) in [7, 11) is -8.24. The van der Waals surface area contributed by atoms with Crippen molar-refractivity contribution in [2.75, 3.05) is 0 Å². The summed E-state index contributed by atoms with van der Waals surface area (Å²) in [6.07, 6.45) is 0. The second-order valence-corrected chi connectivity index (χ2v) is 10.4. The van der Waals surface area contributed by atoms with Gasteiger partial charge in [-0.25, -0.2) is 16.8 Å². The number of nitro groups is 1. The Hall–Kier alpha value is -3.04. The van der Waals surface area contributed by atoms with E-state index < -0.39 is 35.2 Å². The van der Waals surface area contributed by atoms with Gasteiger partial charge in [-0.05, 0) is 50.2 Å². The fourth-order valence-corrected chi connectivity index (χ4v) is 5.42. The van der Waals surface area contributed by atoms with E-state index in [0.717, 1.165) is 29.3 Å². The Morgan fingerprint density at radius 2 is 1.07 bits per heavy atom. The largest absolute Gasteiger partial charge is 0.289 e. The number of nitrogens with zero attached hydrogens (tertiary/aromatic N) is 1. The molecule has 29 heavy (non-hydrogen) atoms. The zero-order chi connectivity index (χ0) is 21.4. The number of nitro benzene ring substituents is 1. The van der Waals surface area contributed by atoms with Gasteiger partial charge in [0.25, 0.3) is 5.69 Å². The summed E-state index contributed by atoms with van der Waals surface area (Å²) in [5.74, 6) is 0. The topological polar surface area (TPSA) is 111 Å². The van der Waals surface area contributed by atoms with E-state index in [9.17, 15) is 26.9 Å². The van der Waals surface area contributed by atoms with Crippen molar-refractivity contribution in [3.05, 3.63) is 88.0 Å². The fraction of sp³-hybridized carbons (Fsp3) is 0.100. The van der Waals surface area contributed by atoms with Crippen LogP contribution in [0.5, 0.6) is 0 Å². The van der Waals surface area contributed by atoms with Crippen molar-refractivity contribution >= 4 is 25.4 Å². The van der Waals surface area contributed by atoms with Gasteiger partial charge in [-0.3, -0.25) is 10.1 Å². The molecule has 0 heterocycles. The molecule has 0 aromatic heterocycles. The smallest absolute Gasteiger partial charge is 0.258 e. The van der Waals surface area contributed by atoms with Crippen LogP contribution < -0.4 is 0 Å². The van der Waals surface area contributed by atoms with Crippen LogP contribution in [0.3, 0.4) is 0 Å². The summed E-state index contributed by atoms with van der Waals surface area (Å²) in [5, 5.41) is 11.6. The van der Waals surface area contributed by atoms with E-state index in [2.05, 4.69) is 0 Å². The average molecular weight is 431 g/mol. The zero-order valence-corrected chi connectivity index (χ0v) is 17.2. The molecule has 0 aliphatic heterocycles. The summed E-state index contributed by atoms with van der Waals surface area (Å²) in [4.78, 5) is 9.61. The molecule has 0 bridgehead atoms. The van der Waals surface area contributed by atoms with Gasteiger partial charge in [0.2, 0.25) is 19.7 Å². The van der Waals surface area contributed by atoms with E-state index in [0.29, 0.717) is 0 Å². The number of rotatable bonds is 5.